The van der Waals surface area contributed by atoms with E-state index in [0.717, 1.165) is 37.3 Å². The van der Waals surface area contributed by atoms with Crippen LogP contribution in [0.25, 0.3) is 0 Å². The molecule has 0 radical (unpaired) electrons. The first-order valence-corrected chi connectivity index (χ1v) is 13.3. The number of methoxy groups -OCH3 is 1. The number of allylic oxidation sites excluding steroid dienone is 1. The summed E-state index contributed by atoms with van der Waals surface area (Å²) in [5.41, 5.74) is 3.67. The predicted molar refractivity (Wildman–Crippen MR) is 147 cm³/mol. The van der Waals surface area contributed by atoms with E-state index in [4.69, 9.17) is 4.74 Å². The third-order valence-corrected chi connectivity index (χ3v) is 7.64. The van der Waals surface area contributed by atoms with E-state index < -0.39 is 23.7 Å². The quantitative estimate of drug-likeness (QED) is 0.373. The van der Waals surface area contributed by atoms with Crippen LogP contribution >= 0.6 is 0 Å². The summed E-state index contributed by atoms with van der Waals surface area (Å²) in [6.45, 7) is 7.30. The number of rotatable bonds is 10. The fourth-order valence-electron chi connectivity index (χ4n) is 5.27. The number of nitrogens with one attached hydrogen (secondary N) is 2. The van der Waals surface area contributed by atoms with Crippen molar-refractivity contribution < 1.29 is 23.4 Å². The zero-order valence-corrected chi connectivity index (χ0v) is 23.2. The van der Waals surface area contributed by atoms with Gasteiger partial charge >= 0.3 is 0 Å². The standard InChI is InChI=1S/C31H42F2N2O3/c1-30(2,3)23-7-6-8-24(18-23)31(12-9-21(10-13-31)11-14-38-5)35-20-28(36)27(29(37)34-4)17-22-15-25(32)19-26(33)16-22/h6-8,11,15-16,18-19,27-28,35-36H,9-10,12-14,17,20H2,1-5H3,(H,34,37). The van der Waals surface area contributed by atoms with Crippen molar-refractivity contribution in [2.45, 2.75) is 69.9 Å². The highest BCUT2D eigenvalue weighted by Gasteiger charge is 2.37. The summed E-state index contributed by atoms with van der Waals surface area (Å²) < 4.78 is 32.8. The number of amides is 1. The summed E-state index contributed by atoms with van der Waals surface area (Å²) >= 11 is 0. The van der Waals surface area contributed by atoms with Gasteiger partial charge in [0, 0.05) is 32.3 Å². The summed E-state index contributed by atoms with van der Waals surface area (Å²) in [6, 6.07) is 11.8. The molecule has 0 spiro atoms. The third-order valence-electron chi connectivity index (χ3n) is 7.64. The zero-order valence-electron chi connectivity index (χ0n) is 23.2. The molecule has 1 aliphatic rings. The Morgan fingerprint density at radius 3 is 2.37 bits per heavy atom. The molecule has 0 heterocycles. The SMILES string of the molecule is CNC(=O)C(Cc1cc(F)cc(F)c1)C(O)CNC1(c2cccc(C(C)(C)C)c2)CCC(=CCOC)CC1. The van der Waals surface area contributed by atoms with Crippen molar-refractivity contribution in [2.75, 3.05) is 27.3 Å². The van der Waals surface area contributed by atoms with Gasteiger partial charge < -0.3 is 20.5 Å². The van der Waals surface area contributed by atoms with E-state index in [9.17, 15) is 18.7 Å². The second kappa shape index (κ2) is 13.0. The van der Waals surface area contributed by atoms with Gasteiger partial charge in [-0.05, 0) is 66.3 Å². The number of hydrogen-bond donors (Lipinski definition) is 3. The molecule has 3 N–H and O–H groups in total. The molecular formula is C31H42F2N2O3. The average molecular weight is 529 g/mol. The minimum atomic E-state index is -1.06. The van der Waals surface area contributed by atoms with Gasteiger partial charge in [0.1, 0.15) is 11.6 Å². The Morgan fingerprint density at radius 2 is 1.79 bits per heavy atom. The molecule has 0 aromatic heterocycles. The van der Waals surface area contributed by atoms with E-state index in [0.29, 0.717) is 12.2 Å². The lowest BCUT2D eigenvalue weighted by Crippen LogP contribution is -2.50. The molecule has 0 bridgehead atoms. The van der Waals surface area contributed by atoms with E-state index in [2.05, 4.69) is 61.7 Å². The molecular weight excluding hydrogens is 486 g/mol. The topological polar surface area (TPSA) is 70.6 Å². The van der Waals surface area contributed by atoms with Crippen LogP contribution in [0.1, 0.15) is 63.1 Å². The molecule has 5 nitrogen and oxygen atoms in total. The first-order valence-electron chi connectivity index (χ1n) is 13.3. The summed E-state index contributed by atoms with van der Waals surface area (Å²) in [5, 5.41) is 17.4. The molecule has 38 heavy (non-hydrogen) atoms. The summed E-state index contributed by atoms with van der Waals surface area (Å²) in [6.07, 6.45) is 4.57. The van der Waals surface area contributed by atoms with E-state index in [-0.39, 0.29) is 29.8 Å². The van der Waals surface area contributed by atoms with Crippen LogP contribution < -0.4 is 10.6 Å². The lowest BCUT2D eigenvalue weighted by atomic mass is 9.73. The van der Waals surface area contributed by atoms with Gasteiger partial charge in [-0.25, -0.2) is 8.78 Å². The van der Waals surface area contributed by atoms with Gasteiger partial charge in [0.15, 0.2) is 0 Å². The molecule has 1 aliphatic carbocycles. The number of carbonyl (C=O) groups is 1. The van der Waals surface area contributed by atoms with E-state index in [1.165, 1.54) is 30.3 Å². The van der Waals surface area contributed by atoms with Crippen LogP contribution in [0, 0.1) is 17.6 Å². The molecule has 1 fully saturated rings. The molecule has 2 aromatic rings. The Bertz CT molecular complexity index is 1100. The van der Waals surface area contributed by atoms with Crippen molar-refractivity contribution in [1.29, 1.82) is 0 Å². The van der Waals surface area contributed by atoms with Gasteiger partial charge in [0.2, 0.25) is 5.91 Å². The van der Waals surface area contributed by atoms with Crippen molar-refractivity contribution in [3.05, 3.63) is 82.4 Å². The van der Waals surface area contributed by atoms with Gasteiger partial charge in [0.05, 0.1) is 18.6 Å². The highest BCUT2D eigenvalue weighted by atomic mass is 19.1. The third kappa shape index (κ3) is 7.71. The lowest BCUT2D eigenvalue weighted by molar-refractivity contribution is -0.128. The number of ether oxygens (including phenoxy) is 1. The van der Waals surface area contributed by atoms with Crippen molar-refractivity contribution in [3.63, 3.8) is 0 Å². The number of aliphatic hydroxyl groups is 1. The largest absolute Gasteiger partial charge is 0.391 e. The van der Waals surface area contributed by atoms with Gasteiger partial charge in [0.25, 0.3) is 0 Å². The smallest absolute Gasteiger partial charge is 0.225 e. The fourth-order valence-corrected chi connectivity index (χ4v) is 5.27. The number of halogens is 2. The summed E-state index contributed by atoms with van der Waals surface area (Å²) in [7, 11) is 3.18. The molecule has 1 amide bonds. The molecule has 1 saturated carbocycles. The second-order valence-corrected chi connectivity index (χ2v) is 11.4. The van der Waals surface area contributed by atoms with Crippen molar-refractivity contribution in [1.82, 2.24) is 10.6 Å². The number of benzene rings is 2. The van der Waals surface area contributed by atoms with Crippen LogP contribution in [0.2, 0.25) is 0 Å². The molecule has 7 heteroatoms. The zero-order chi connectivity index (χ0) is 27.9. The number of hydrogen-bond acceptors (Lipinski definition) is 4. The van der Waals surface area contributed by atoms with Crippen LogP contribution in [-0.4, -0.2) is 44.4 Å². The van der Waals surface area contributed by atoms with Crippen molar-refractivity contribution in [3.8, 4) is 0 Å². The van der Waals surface area contributed by atoms with Crippen LogP contribution in [-0.2, 0) is 26.9 Å². The first-order chi connectivity index (χ1) is 18.0. The van der Waals surface area contributed by atoms with E-state index in [1.54, 1.807) is 7.11 Å². The first kappa shape index (κ1) is 29.9. The van der Waals surface area contributed by atoms with Crippen LogP contribution in [0.5, 0.6) is 0 Å². The highest BCUT2D eigenvalue weighted by molar-refractivity contribution is 5.79. The Kier molecular flexibility index (Phi) is 10.2. The molecule has 0 aliphatic heterocycles. The maximum Gasteiger partial charge on any atom is 0.225 e. The maximum atomic E-state index is 13.8. The summed E-state index contributed by atoms with van der Waals surface area (Å²) in [4.78, 5) is 12.7. The number of carbonyl (C=O) groups excluding carboxylic acids is 1. The van der Waals surface area contributed by atoms with Gasteiger partial charge in [-0.3, -0.25) is 4.79 Å². The Balaban J connectivity index is 1.86. The molecule has 0 saturated heterocycles. The minimum Gasteiger partial charge on any atom is -0.391 e. The lowest BCUT2D eigenvalue weighted by Gasteiger charge is -2.41. The van der Waals surface area contributed by atoms with Crippen molar-refractivity contribution in [2.24, 2.45) is 5.92 Å². The molecule has 2 atom stereocenters. The Labute approximate surface area is 225 Å². The molecule has 208 valence electrons. The van der Waals surface area contributed by atoms with Crippen molar-refractivity contribution >= 4 is 5.91 Å². The molecule has 2 unspecified atom stereocenters. The summed E-state index contributed by atoms with van der Waals surface area (Å²) in [5.74, 6) is -2.66. The highest BCUT2D eigenvalue weighted by Crippen LogP contribution is 2.40. The number of aliphatic hydroxyl groups excluding tert-OH is 1. The second-order valence-electron chi connectivity index (χ2n) is 11.4. The van der Waals surface area contributed by atoms with Crippen LogP contribution in [0.4, 0.5) is 8.78 Å². The fraction of sp³-hybridized carbons (Fsp3) is 0.516. The minimum absolute atomic E-state index is 0.0144. The van der Waals surface area contributed by atoms with Gasteiger partial charge in [-0.1, -0.05) is 56.7 Å². The molecule has 3 rings (SSSR count). The predicted octanol–water partition coefficient (Wildman–Crippen LogP) is 5.16. The maximum absolute atomic E-state index is 13.8. The normalized spacial score (nSPS) is 19.6. The van der Waals surface area contributed by atoms with E-state index >= 15 is 0 Å². The Hall–Kier alpha value is -2.61. The van der Waals surface area contributed by atoms with Gasteiger partial charge in [-0.15, -0.1) is 0 Å². The Morgan fingerprint density at radius 1 is 1.13 bits per heavy atom. The average Bonchev–Trinajstić information content (AvgIpc) is 2.88. The monoisotopic (exact) mass is 528 g/mol. The van der Waals surface area contributed by atoms with E-state index in [1.807, 2.05) is 0 Å². The van der Waals surface area contributed by atoms with Crippen LogP contribution in [0.3, 0.4) is 0 Å². The van der Waals surface area contributed by atoms with Gasteiger partial charge in [-0.2, -0.15) is 0 Å². The van der Waals surface area contributed by atoms with Crippen LogP contribution in [0.15, 0.2) is 54.1 Å². The molecule has 2 aromatic carbocycles.